The van der Waals surface area contributed by atoms with E-state index in [4.69, 9.17) is 9.26 Å². The van der Waals surface area contributed by atoms with Crippen molar-refractivity contribution in [2.75, 3.05) is 13.2 Å². The maximum absolute atomic E-state index is 12.5. The average molecular weight is 420 g/mol. The summed E-state index contributed by atoms with van der Waals surface area (Å²) < 4.78 is 11.2. The molecule has 4 rings (SSSR count). The van der Waals surface area contributed by atoms with Gasteiger partial charge in [-0.25, -0.2) is 0 Å². The van der Waals surface area contributed by atoms with Gasteiger partial charge in [0, 0.05) is 31.0 Å². The molecule has 0 aliphatic carbocycles. The third-order valence-electron chi connectivity index (χ3n) is 5.69. The molecule has 1 aliphatic rings. The van der Waals surface area contributed by atoms with Crippen LogP contribution in [0.5, 0.6) is 5.75 Å². The van der Waals surface area contributed by atoms with E-state index in [0.29, 0.717) is 31.2 Å². The first kappa shape index (κ1) is 21.1. The number of hydrogen-bond acceptors (Lipinski definition) is 5. The maximum atomic E-state index is 12.5. The number of amides is 1. The Bertz CT molecular complexity index is 996. The van der Waals surface area contributed by atoms with Gasteiger partial charge in [-0.1, -0.05) is 49.7 Å². The summed E-state index contributed by atoms with van der Waals surface area (Å²) >= 11 is 0. The number of aromatic nitrogens is 2. The molecule has 1 unspecified atom stereocenters. The van der Waals surface area contributed by atoms with E-state index < -0.39 is 0 Å². The number of likely N-dealkylation sites (tertiary alicyclic amines) is 1. The van der Waals surface area contributed by atoms with Crippen molar-refractivity contribution >= 4 is 5.91 Å². The Morgan fingerprint density at radius 1 is 1.06 bits per heavy atom. The van der Waals surface area contributed by atoms with Crippen LogP contribution in [0.25, 0.3) is 11.5 Å². The van der Waals surface area contributed by atoms with Crippen molar-refractivity contribution in [3.8, 4) is 17.2 Å². The summed E-state index contributed by atoms with van der Waals surface area (Å²) in [5.41, 5.74) is 3.29. The minimum Gasteiger partial charge on any atom is -0.494 e. The number of benzene rings is 2. The fourth-order valence-corrected chi connectivity index (χ4v) is 3.74. The molecule has 6 nitrogen and oxygen atoms in total. The number of unbranched alkanes of at least 4 members (excludes halogenated alkanes) is 1. The normalized spacial score (nSPS) is 16.1. The standard InChI is InChI=1S/C25H29N3O3/c1-3-5-14-30-22-12-10-20(11-13-22)25-26-24(27-31-25)21-15-23(29)28(17-21)16-19-8-6-18(4-2)7-9-19/h6-13,21H,3-5,14-17H2,1-2H3. The fraction of sp³-hybridized carbons (Fsp3) is 0.400. The van der Waals surface area contributed by atoms with E-state index in [-0.39, 0.29) is 11.8 Å². The SMILES string of the molecule is CCCCOc1ccc(-c2nc(C3CC(=O)N(Cc4ccc(CC)cc4)C3)no2)cc1. The zero-order valence-electron chi connectivity index (χ0n) is 18.2. The lowest BCUT2D eigenvalue weighted by Crippen LogP contribution is -2.24. The smallest absolute Gasteiger partial charge is 0.257 e. The van der Waals surface area contributed by atoms with Crippen LogP contribution < -0.4 is 4.74 Å². The number of hydrogen-bond donors (Lipinski definition) is 0. The summed E-state index contributed by atoms with van der Waals surface area (Å²) in [6, 6.07) is 16.1. The minimum absolute atomic E-state index is 0.0448. The van der Waals surface area contributed by atoms with Gasteiger partial charge in [0.05, 0.1) is 6.61 Å². The summed E-state index contributed by atoms with van der Waals surface area (Å²) in [6.07, 6.45) is 3.57. The second kappa shape index (κ2) is 9.77. The van der Waals surface area contributed by atoms with Gasteiger partial charge >= 0.3 is 0 Å². The highest BCUT2D eigenvalue weighted by molar-refractivity contribution is 5.79. The summed E-state index contributed by atoms with van der Waals surface area (Å²) in [5.74, 6) is 1.98. The Hall–Kier alpha value is -3.15. The fourth-order valence-electron chi connectivity index (χ4n) is 3.74. The summed E-state index contributed by atoms with van der Waals surface area (Å²) in [7, 11) is 0. The van der Waals surface area contributed by atoms with Crippen LogP contribution in [0.3, 0.4) is 0 Å². The van der Waals surface area contributed by atoms with Crippen molar-refractivity contribution in [2.24, 2.45) is 0 Å². The molecule has 6 heteroatoms. The number of nitrogens with zero attached hydrogens (tertiary/aromatic N) is 3. The second-order valence-electron chi connectivity index (χ2n) is 8.03. The van der Waals surface area contributed by atoms with Gasteiger partial charge in [0.1, 0.15) is 5.75 Å². The first-order valence-corrected chi connectivity index (χ1v) is 11.1. The Kier molecular flexibility index (Phi) is 6.65. The predicted octanol–water partition coefficient (Wildman–Crippen LogP) is 4.99. The molecule has 31 heavy (non-hydrogen) atoms. The molecule has 1 fully saturated rings. The van der Waals surface area contributed by atoms with Crippen molar-refractivity contribution in [3.05, 3.63) is 65.5 Å². The second-order valence-corrected chi connectivity index (χ2v) is 8.03. The molecular formula is C25H29N3O3. The number of carbonyl (C=O) groups is 1. The van der Waals surface area contributed by atoms with Gasteiger partial charge in [0.25, 0.3) is 5.89 Å². The molecule has 0 spiro atoms. The van der Waals surface area contributed by atoms with Crippen LogP contribution in [0.2, 0.25) is 0 Å². The third kappa shape index (κ3) is 5.13. The van der Waals surface area contributed by atoms with Gasteiger partial charge in [-0.2, -0.15) is 4.98 Å². The van der Waals surface area contributed by atoms with E-state index in [0.717, 1.165) is 42.7 Å². The van der Waals surface area contributed by atoms with E-state index in [9.17, 15) is 4.79 Å². The third-order valence-corrected chi connectivity index (χ3v) is 5.69. The lowest BCUT2D eigenvalue weighted by Gasteiger charge is -2.16. The summed E-state index contributed by atoms with van der Waals surface area (Å²) in [6.45, 7) is 6.22. The molecule has 0 saturated carbocycles. The lowest BCUT2D eigenvalue weighted by molar-refractivity contribution is -0.128. The van der Waals surface area contributed by atoms with Crippen LogP contribution in [0, 0.1) is 0 Å². The molecule has 1 amide bonds. The van der Waals surface area contributed by atoms with Crippen molar-refractivity contribution in [3.63, 3.8) is 0 Å². The van der Waals surface area contributed by atoms with Crippen molar-refractivity contribution in [2.45, 2.75) is 52.0 Å². The zero-order chi connectivity index (χ0) is 21.6. The van der Waals surface area contributed by atoms with Crippen molar-refractivity contribution < 1.29 is 14.1 Å². The lowest BCUT2D eigenvalue weighted by atomic mass is 10.1. The number of carbonyl (C=O) groups excluding carboxylic acids is 1. The van der Waals surface area contributed by atoms with Gasteiger partial charge in [-0.05, 0) is 48.2 Å². The molecule has 0 bridgehead atoms. The number of aryl methyl sites for hydroxylation is 1. The zero-order valence-corrected chi connectivity index (χ0v) is 18.2. The Labute approximate surface area is 183 Å². The van der Waals surface area contributed by atoms with Crippen LogP contribution in [0.4, 0.5) is 0 Å². The first-order valence-electron chi connectivity index (χ1n) is 11.1. The molecule has 0 radical (unpaired) electrons. The molecule has 2 heterocycles. The molecule has 1 aromatic heterocycles. The Morgan fingerprint density at radius 2 is 1.81 bits per heavy atom. The van der Waals surface area contributed by atoms with Gasteiger partial charge in [0.15, 0.2) is 5.82 Å². The average Bonchev–Trinajstić information content (AvgIpc) is 3.42. The first-order chi connectivity index (χ1) is 15.2. The molecule has 1 aliphatic heterocycles. The number of ether oxygens (including phenoxy) is 1. The number of rotatable bonds is 9. The van der Waals surface area contributed by atoms with Gasteiger partial charge in [0.2, 0.25) is 5.91 Å². The van der Waals surface area contributed by atoms with Crippen LogP contribution in [-0.4, -0.2) is 34.1 Å². The molecular weight excluding hydrogens is 390 g/mol. The molecule has 1 saturated heterocycles. The van der Waals surface area contributed by atoms with E-state index in [2.05, 4.69) is 48.3 Å². The summed E-state index contributed by atoms with van der Waals surface area (Å²) in [5, 5.41) is 4.16. The topological polar surface area (TPSA) is 68.5 Å². The molecule has 0 N–H and O–H groups in total. The highest BCUT2D eigenvalue weighted by Crippen LogP contribution is 2.29. The summed E-state index contributed by atoms with van der Waals surface area (Å²) in [4.78, 5) is 19.0. The monoisotopic (exact) mass is 419 g/mol. The van der Waals surface area contributed by atoms with E-state index in [1.807, 2.05) is 29.2 Å². The van der Waals surface area contributed by atoms with E-state index in [1.165, 1.54) is 5.56 Å². The molecule has 3 aromatic rings. The minimum atomic E-state index is -0.0448. The Balaban J connectivity index is 1.38. The van der Waals surface area contributed by atoms with Gasteiger partial charge in [-0.15, -0.1) is 0 Å². The molecule has 1 atom stereocenters. The van der Waals surface area contributed by atoms with Crippen LogP contribution in [0.15, 0.2) is 53.1 Å². The van der Waals surface area contributed by atoms with Crippen LogP contribution in [-0.2, 0) is 17.8 Å². The van der Waals surface area contributed by atoms with Crippen LogP contribution >= 0.6 is 0 Å². The van der Waals surface area contributed by atoms with Gasteiger partial charge in [-0.3, -0.25) is 4.79 Å². The predicted molar refractivity (Wildman–Crippen MR) is 119 cm³/mol. The van der Waals surface area contributed by atoms with E-state index >= 15 is 0 Å². The van der Waals surface area contributed by atoms with Gasteiger partial charge < -0.3 is 14.2 Å². The molecule has 162 valence electrons. The highest BCUT2D eigenvalue weighted by atomic mass is 16.5. The quantitative estimate of drug-likeness (QED) is 0.457. The van der Waals surface area contributed by atoms with Crippen LogP contribution in [0.1, 0.15) is 56.0 Å². The van der Waals surface area contributed by atoms with Crippen molar-refractivity contribution in [1.82, 2.24) is 15.0 Å². The maximum Gasteiger partial charge on any atom is 0.257 e. The molecule has 2 aromatic carbocycles. The Morgan fingerprint density at radius 3 is 2.52 bits per heavy atom. The van der Waals surface area contributed by atoms with E-state index in [1.54, 1.807) is 0 Å². The largest absolute Gasteiger partial charge is 0.494 e. The highest BCUT2D eigenvalue weighted by Gasteiger charge is 2.33. The van der Waals surface area contributed by atoms with Crippen molar-refractivity contribution in [1.29, 1.82) is 0 Å².